The van der Waals surface area contributed by atoms with Crippen LogP contribution < -0.4 is 15.4 Å². The van der Waals surface area contributed by atoms with Crippen molar-refractivity contribution in [2.24, 2.45) is 5.73 Å². The van der Waals surface area contributed by atoms with E-state index in [2.05, 4.69) is 9.88 Å². The molecule has 4 nitrogen and oxygen atoms in total. The van der Waals surface area contributed by atoms with E-state index in [0.29, 0.717) is 18.5 Å². The molecule has 1 aromatic rings. The maximum absolute atomic E-state index is 5.80. The zero-order valence-electron chi connectivity index (χ0n) is 9.72. The van der Waals surface area contributed by atoms with E-state index in [9.17, 15) is 0 Å². The number of nitrogens with two attached hydrogens (primary N) is 1. The molecule has 0 radical (unpaired) electrons. The summed E-state index contributed by atoms with van der Waals surface area (Å²) < 4.78 is 5.15. The first-order chi connectivity index (χ1) is 7.85. The molecular formula is C12H19N3O. The maximum atomic E-state index is 5.80. The lowest BCUT2D eigenvalue weighted by Crippen LogP contribution is -2.44. The van der Waals surface area contributed by atoms with Gasteiger partial charge in [-0.05, 0) is 25.3 Å². The maximum Gasteiger partial charge on any atom is 0.214 e. The number of rotatable bonds is 3. The summed E-state index contributed by atoms with van der Waals surface area (Å²) in [5.74, 6) is 1.65. The number of aromatic nitrogens is 1. The molecule has 0 aliphatic carbocycles. The Morgan fingerprint density at radius 1 is 1.50 bits per heavy atom. The minimum absolute atomic E-state index is 0.424. The Kier molecular flexibility index (Phi) is 3.62. The van der Waals surface area contributed by atoms with E-state index >= 15 is 0 Å². The first kappa shape index (κ1) is 11.2. The highest BCUT2D eigenvalue weighted by atomic mass is 16.5. The van der Waals surface area contributed by atoms with Crippen molar-refractivity contribution in [3.63, 3.8) is 0 Å². The van der Waals surface area contributed by atoms with Crippen molar-refractivity contribution < 1.29 is 4.74 Å². The molecule has 0 bridgehead atoms. The van der Waals surface area contributed by atoms with Gasteiger partial charge >= 0.3 is 0 Å². The van der Waals surface area contributed by atoms with Gasteiger partial charge in [-0.3, -0.25) is 0 Å². The minimum atomic E-state index is 0.424. The highest BCUT2D eigenvalue weighted by molar-refractivity contribution is 5.42. The number of piperidine rings is 1. The Balaban J connectivity index is 2.20. The van der Waals surface area contributed by atoms with E-state index in [0.717, 1.165) is 18.8 Å². The van der Waals surface area contributed by atoms with Crippen LogP contribution in [0.15, 0.2) is 18.2 Å². The van der Waals surface area contributed by atoms with Crippen LogP contribution in [0.2, 0.25) is 0 Å². The van der Waals surface area contributed by atoms with E-state index in [4.69, 9.17) is 10.5 Å². The van der Waals surface area contributed by atoms with Crippen molar-refractivity contribution in [3.05, 3.63) is 18.2 Å². The van der Waals surface area contributed by atoms with Crippen LogP contribution in [0.5, 0.6) is 5.88 Å². The number of hydrogen-bond donors (Lipinski definition) is 1. The average molecular weight is 221 g/mol. The van der Waals surface area contributed by atoms with Gasteiger partial charge in [0.15, 0.2) is 0 Å². The Morgan fingerprint density at radius 2 is 2.38 bits per heavy atom. The number of hydrogen-bond acceptors (Lipinski definition) is 4. The van der Waals surface area contributed by atoms with Gasteiger partial charge in [0.2, 0.25) is 5.88 Å². The van der Waals surface area contributed by atoms with Crippen molar-refractivity contribution in [3.8, 4) is 5.88 Å². The van der Waals surface area contributed by atoms with E-state index < -0.39 is 0 Å². The summed E-state index contributed by atoms with van der Waals surface area (Å²) in [4.78, 5) is 6.76. The molecule has 1 aromatic heterocycles. The monoisotopic (exact) mass is 221 g/mol. The second-order valence-electron chi connectivity index (χ2n) is 4.12. The zero-order chi connectivity index (χ0) is 11.4. The van der Waals surface area contributed by atoms with Gasteiger partial charge in [0.25, 0.3) is 0 Å². The molecule has 0 spiro atoms. The minimum Gasteiger partial charge on any atom is -0.481 e. The van der Waals surface area contributed by atoms with Crippen LogP contribution in [0.25, 0.3) is 0 Å². The highest BCUT2D eigenvalue weighted by Crippen LogP contribution is 2.24. The zero-order valence-corrected chi connectivity index (χ0v) is 9.72. The summed E-state index contributed by atoms with van der Waals surface area (Å²) in [5, 5.41) is 0. The summed E-state index contributed by atoms with van der Waals surface area (Å²) in [5.41, 5.74) is 5.80. The first-order valence-electron chi connectivity index (χ1n) is 5.83. The van der Waals surface area contributed by atoms with E-state index in [-0.39, 0.29) is 0 Å². The smallest absolute Gasteiger partial charge is 0.214 e. The van der Waals surface area contributed by atoms with Crippen LogP contribution >= 0.6 is 0 Å². The van der Waals surface area contributed by atoms with Crippen molar-refractivity contribution in [1.82, 2.24) is 4.98 Å². The van der Waals surface area contributed by atoms with Crippen LogP contribution in [-0.4, -0.2) is 31.2 Å². The third kappa shape index (κ3) is 2.27. The topological polar surface area (TPSA) is 51.4 Å². The van der Waals surface area contributed by atoms with Crippen molar-refractivity contribution in [1.29, 1.82) is 0 Å². The number of anilines is 1. The molecule has 1 aliphatic rings. The largest absolute Gasteiger partial charge is 0.481 e. The molecule has 2 heterocycles. The van der Waals surface area contributed by atoms with Crippen molar-refractivity contribution in [2.45, 2.75) is 25.3 Å². The van der Waals surface area contributed by atoms with Gasteiger partial charge in [0.05, 0.1) is 7.11 Å². The van der Waals surface area contributed by atoms with Gasteiger partial charge in [0.1, 0.15) is 5.82 Å². The highest BCUT2D eigenvalue weighted by Gasteiger charge is 2.22. The van der Waals surface area contributed by atoms with Gasteiger partial charge in [-0.2, -0.15) is 4.98 Å². The van der Waals surface area contributed by atoms with Crippen molar-refractivity contribution in [2.75, 3.05) is 25.1 Å². The molecule has 2 N–H and O–H groups in total. The van der Waals surface area contributed by atoms with Crippen molar-refractivity contribution >= 4 is 5.82 Å². The Hall–Kier alpha value is -1.29. The fourth-order valence-corrected chi connectivity index (χ4v) is 2.22. The quantitative estimate of drug-likeness (QED) is 0.838. The summed E-state index contributed by atoms with van der Waals surface area (Å²) in [6, 6.07) is 6.29. The lowest BCUT2D eigenvalue weighted by Gasteiger charge is -2.36. The molecule has 1 unspecified atom stereocenters. The third-order valence-corrected chi connectivity index (χ3v) is 3.11. The summed E-state index contributed by atoms with van der Waals surface area (Å²) in [6.45, 7) is 1.74. The lowest BCUT2D eigenvalue weighted by atomic mass is 10.0. The lowest BCUT2D eigenvalue weighted by molar-refractivity contribution is 0.395. The normalized spacial score (nSPS) is 20.9. The van der Waals surface area contributed by atoms with Crippen LogP contribution in [0, 0.1) is 0 Å². The molecule has 4 heteroatoms. The summed E-state index contributed by atoms with van der Waals surface area (Å²) in [7, 11) is 1.64. The standard InChI is InChI=1S/C12H19N3O/c1-16-12-7-4-6-11(14-12)15-8-3-2-5-10(15)9-13/h4,6-7,10H,2-3,5,8-9,13H2,1H3. The molecule has 1 aliphatic heterocycles. The molecule has 0 saturated carbocycles. The van der Waals surface area contributed by atoms with Gasteiger partial charge < -0.3 is 15.4 Å². The molecule has 2 rings (SSSR count). The molecule has 0 amide bonds. The summed E-state index contributed by atoms with van der Waals surface area (Å²) in [6.07, 6.45) is 3.65. The van der Waals surface area contributed by atoms with Crippen LogP contribution in [0.4, 0.5) is 5.82 Å². The first-order valence-corrected chi connectivity index (χ1v) is 5.83. The van der Waals surface area contributed by atoms with Gasteiger partial charge in [-0.25, -0.2) is 0 Å². The molecular weight excluding hydrogens is 202 g/mol. The fraction of sp³-hybridized carbons (Fsp3) is 0.583. The van der Waals surface area contributed by atoms with E-state index in [1.807, 2.05) is 18.2 Å². The molecule has 88 valence electrons. The Labute approximate surface area is 96.4 Å². The Bertz CT molecular complexity index is 343. The predicted octanol–water partition coefficient (Wildman–Crippen LogP) is 1.41. The SMILES string of the molecule is COc1cccc(N2CCCCC2CN)n1. The Morgan fingerprint density at radius 3 is 3.12 bits per heavy atom. The number of pyridine rings is 1. The number of methoxy groups -OCH3 is 1. The van der Waals surface area contributed by atoms with Crippen LogP contribution in [0.1, 0.15) is 19.3 Å². The van der Waals surface area contributed by atoms with Crippen LogP contribution in [0.3, 0.4) is 0 Å². The van der Waals surface area contributed by atoms with Gasteiger partial charge in [-0.15, -0.1) is 0 Å². The van der Waals surface area contributed by atoms with E-state index in [1.54, 1.807) is 7.11 Å². The van der Waals surface area contributed by atoms with Crippen LogP contribution in [-0.2, 0) is 0 Å². The van der Waals surface area contributed by atoms with Gasteiger partial charge in [0, 0.05) is 25.2 Å². The third-order valence-electron chi connectivity index (χ3n) is 3.11. The predicted molar refractivity (Wildman–Crippen MR) is 64.8 cm³/mol. The average Bonchev–Trinajstić information content (AvgIpc) is 2.38. The molecule has 1 atom stereocenters. The molecule has 0 aromatic carbocycles. The second-order valence-corrected chi connectivity index (χ2v) is 4.12. The van der Waals surface area contributed by atoms with Gasteiger partial charge in [-0.1, -0.05) is 6.07 Å². The number of ether oxygens (including phenoxy) is 1. The number of nitrogens with zero attached hydrogens (tertiary/aromatic N) is 2. The summed E-state index contributed by atoms with van der Waals surface area (Å²) >= 11 is 0. The molecule has 1 fully saturated rings. The van der Waals surface area contributed by atoms with E-state index in [1.165, 1.54) is 12.8 Å². The molecule has 1 saturated heterocycles. The second kappa shape index (κ2) is 5.16. The molecule has 16 heavy (non-hydrogen) atoms. The fourth-order valence-electron chi connectivity index (χ4n) is 2.22.